The third-order valence-corrected chi connectivity index (χ3v) is 5.13. The van der Waals surface area contributed by atoms with Crippen LogP contribution in [0.25, 0.3) is 0 Å². The van der Waals surface area contributed by atoms with E-state index in [9.17, 15) is 8.42 Å². The summed E-state index contributed by atoms with van der Waals surface area (Å²) in [4.78, 5) is 2.17. The maximum atomic E-state index is 11.4. The second-order valence-corrected chi connectivity index (χ2v) is 7.34. The topological polar surface area (TPSA) is 49.4 Å². The summed E-state index contributed by atoms with van der Waals surface area (Å²) in [6.07, 6.45) is 0. The van der Waals surface area contributed by atoms with Crippen LogP contribution in [0.2, 0.25) is 0 Å². The van der Waals surface area contributed by atoms with Crippen molar-refractivity contribution in [3.8, 4) is 0 Å². The smallest absolute Gasteiger partial charge is 0.153 e. The van der Waals surface area contributed by atoms with E-state index in [2.05, 4.69) is 42.3 Å². The summed E-state index contributed by atoms with van der Waals surface area (Å²) in [6.45, 7) is 7.24. The molecule has 5 heteroatoms. The minimum absolute atomic E-state index is 0.269. The lowest BCUT2D eigenvalue weighted by Crippen LogP contribution is -2.40. The van der Waals surface area contributed by atoms with Crippen molar-refractivity contribution in [1.82, 2.24) is 5.32 Å². The van der Waals surface area contributed by atoms with Crippen molar-refractivity contribution in [3.63, 3.8) is 0 Å². The first-order valence-electron chi connectivity index (χ1n) is 6.77. The van der Waals surface area contributed by atoms with Gasteiger partial charge in [0.1, 0.15) is 0 Å². The highest BCUT2D eigenvalue weighted by Crippen LogP contribution is 2.23. The standard InChI is InChI=1S/C14H22N2O2S/c1-3-15-11-13-4-5-14(12(2)10-13)16-6-8-19(17,18)9-7-16/h4-5,10,15H,3,6-9,11H2,1-2H3. The summed E-state index contributed by atoms with van der Waals surface area (Å²) < 4.78 is 22.9. The van der Waals surface area contributed by atoms with E-state index in [4.69, 9.17) is 0 Å². The molecule has 0 amide bonds. The first kappa shape index (κ1) is 14.3. The van der Waals surface area contributed by atoms with Crippen LogP contribution in [0.1, 0.15) is 18.1 Å². The van der Waals surface area contributed by atoms with Crippen molar-refractivity contribution in [2.24, 2.45) is 0 Å². The molecule has 0 spiro atoms. The molecule has 0 radical (unpaired) electrons. The van der Waals surface area contributed by atoms with Gasteiger partial charge >= 0.3 is 0 Å². The molecule has 0 unspecified atom stereocenters. The molecule has 106 valence electrons. The summed E-state index contributed by atoms with van der Waals surface area (Å²) >= 11 is 0. The molecular formula is C14H22N2O2S. The van der Waals surface area contributed by atoms with Gasteiger partial charge in [0.25, 0.3) is 0 Å². The lowest BCUT2D eigenvalue weighted by atomic mass is 10.1. The van der Waals surface area contributed by atoms with Gasteiger partial charge < -0.3 is 10.2 Å². The maximum Gasteiger partial charge on any atom is 0.153 e. The summed E-state index contributed by atoms with van der Waals surface area (Å²) in [5.41, 5.74) is 3.65. The Kier molecular flexibility index (Phi) is 4.47. The molecule has 1 aliphatic heterocycles. The van der Waals surface area contributed by atoms with Crippen LogP contribution in [0.5, 0.6) is 0 Å². The number of rotatable bonds is 4. The molecule has 2 rings (SSSR count). The van der Waals surface area contributed by atoms with E-state index in [1.165, 1.54) is 11.1 Å². The number of hydrogen-bond donors (Lipinski definition) is 1. The highest BCUT2D eigenvalue weighted by Gasteiger charge is 2.22. The van der Waals surface area contributed by atoms with E-state index < -0.39 is 9.84 Å². The molecule has 1 heterocycles. The molecule has 0 saturated carbocycles. The van der Waals surface area contributed by atoms with Crippen LogP contribution in [0, 0.1) is 6.92 Å². The molecule has 0 bridgehead atoms. The van der Waals surface area contributed by atoms with Gasteiger partial charge in [-0.05, 0) is 30.7 Å². The minimum Gasteiger partial charge on any atom is -0.369 e. The molecule has 0 atom stereocenters. The molecule has 4 nitrogen and oxygen atoms in total. The lowest BCUT2D eigenvalue weighted by molar-refractivity contribution is 0.586. The second-order valence-electron chi connectivity index (χ2n) is 5.04. The zero-order valence-electron chi connectivity index (χ0n) is 11.6. The quantitative estimate of drug-likeness (QED) is 0.905. The van der Waals surface area contributed by atoms with Crippen LogP contribution in [-0.2, 0) is 16.4 Å². The average Bonchev–Trinajstić information content (AvgIpc) is 2.37. The normalized spacial score (nSPS) is 18.5. The van der Waals surface area contributed by atoms with Crippen LogP contribution in [0.4, 0.5) is 5.69 Å². The Morgan fingerprint density at radius 3 is 2.53 bits per heavy atom. The monoisotopic (exact) mass is 282 g/mol. The first-order valence-corrected chi connectivity index (χ1v) is 8.59. The van der Waals surface area contributed by atoms with Crippen molar-refractivity contribution in [1.29, 1.82) is 0 Å². The highest BCUT2D eigenvalue weighted by atomic mass is 32.2. The van der Waals surface area contributed by atoms with Gasteiger partial charge in [-0.3, -0.25) is 0 Å². The Morgan fingerprint density at radius 1 is 1.26 bits per heavy atom. The third-order valence-electron chi connectivity index (χ3n) is 3.53. The third kappa shape index (κ3) is 3.70. The Morgan fingerprint density at radius 2 is 1.95 bits per heavy atom. The number of hydrogen-bond acceptors (Lipinski definition) is 4. The first-order chi connectivity index (χ1) is 9.02. The molecule has 0 aromatic heterocycles. The fraction of sp³-hybridized carbons (Fsp3) is 0.571. The number of sulfone groups is 1. The summed E-state index contributed by atoms with van der Waals surface area (Å²) in [5.74, 6) is 0.539. The summed E-state index contributed by atoms with van der Waals surface area (Å²) in [5, 5.41) is 3.31. The number of nitrogens with one attached hydrogen (secondary N) is 1. The fourth-order valence-corrected chi connectivity index (χ4v) is 3.61. The SMILES string of the molecule is CCNCc1ccc(N2CCS(=O)(=O)CC2)c(C)c1. The van der Waals surface area contributed by atoms with Crippen LogP contribution in [0.15, 0.2) is 18.2 Å². The number of aryl methyl sites for hydroxylation is 1. The predicted molar refractivity (Wildman–Crippen MR) is 79.4 cm³/mol. The Labute approximate surface area is 115 Å². The molecule has 1 aliphatic rings. The average molecular weight is 282 g/mol. The molecule has 19 heavy (non-hydrogen) atoms. The largest absolute Gasteiger partial charge is 0.369 e. The van der Waals surface area contributed by atoms with Crippen LogP contribution >= 0.6 is 0 Å². The Balaban J connectivity index is 2.09. The molecule has 1 fully saturated rings. The van der Waals surface area contributed by atoms with Crippen LogP contribution in [0.3, 0.4) is 0 Å². The molecule has 0 aliphatic carbocycles. The van der Waals surface area contributed by atoms with E-state index in [1.807, 2.05) is 0 Å². The minimum atomic E-state index is -2.81. The van der Waals surface area contributed by atoms with Gasteiger partial charge in [0, 0.05) is 25.3 Å². The van der Waals surface area contributed by atoms with Crippen molar-refractivity contribution >= 4 is 15.5 Å². The van der Waals surface area contributed by atoms with Gasteiger partial charge in [0.2, 0.25) is 0 Å². The van der Waals surface area contributed by atoms with Crippen molar-refractivity contribution in [3.05, 3.63) is 29.3 Å². The van der Waals surface area contributed by atoms with E-state index >= 15 is 0 Å². The molecular weight excluding hydrogens is 260 g/mol. The number of benzene rings is 1. The Bertz CT molecular complexity index is 526. The Hall–Kier alpha value is -1.07. The summed E-state index contributed by atoms with van der Waals surface area (Å²) in [6, 6.07) is 6.41. The second kappa shape index (κ2) is 5.92. The maximum absolute atomic E-state index is 11.4. The zero-order valence-corrected chi connectivity index (χ0v) is 12.5. The van der Waals surface area contributed by atoms with E-state index in [-0.39, 0.29) is 11.5 Å². The van der Waals surface area contributed by atoms with Gasteiger partial charge in [-0.25, -0.2) is 8.42 Å². The molecule has 1 aromatic carbocycles. The predicted octanol–water partition coefficient (Wildman–Crippen LogP) is 1.34. The van der Waals surface area contributed by atoms with Crippen molar-refractivity contribution in [2.45, 2.75) is 20.4 Å². The fourth-order valence-electron chi connectivity index (χ4n) is 2.40. The van der Waals surface area contributed by atoms with E-state index in [0.29, 0.717) is 13.1 Å². The molecule has 1 N–H and O–H groups in total. The lowest BCUT2D eigenvalue weighted by Gasteiger charge is -2.30. The summed E-state index contributed by atoms with van der Waals surface area (Å²) in [7, 11) is -2.81. The van der Waals surface area contributed by atoms with Gasteiger partial charge in [-0.2, -0.15) is 0 Å². The van der Waals surface area contributed by atoms with Crippen LogP contribution < -0.4 is 10.2 Å². The van der Waals surface area contributed by atoms with Gasteiger partial charge in [-0.1, -0.05) is 19.1 Å². The van der Waals surface area contributed by atoms with E-state index in [1.54, 1.807) is 0 Å². The van der Waals surface area contributed by atoms with Gasteiger partial charge in [0.15, 0.2) is 9.84 Å². The van der Waals surface area contributed by atoms with Crippen LogP contribution in [-0.4, -0.2) is 39.6 Å². The van der Waals surface area contributed by atoms with Crippen molar-refractivity contribution in [2.75, 3.05) is 36.0 Å². The zero-order chi connectivity index (χ0) is 13.9. The van der Waals surface area contributed by atoms with Gasteiger partial charge in [-0.15, -0.1) is 0 Å². The molecule has 1 saturated heterocycles. The molecule has 1 aromatic rings. The van der Waals surface area contributed by atoms with E-state index in [0.717, 1.165) is 18.8 Å². The highest BCUT2D eigenvalue weighted by molar-refractivity contribution is 7.91. The number of nitrogens with zero attached hydrogens (tertiary/aromatic N) is 1. The van der Waals surface area contributed by atoms with Crippen molar-refractivity contribution < 1.29 is 8.42 Å². The van der Waals surface area contributed by atoms with Gasteiger partial charge in [0.05, 0.1) is 11.5 Å². The number of anilines is 1.